The fraction of sp³-hybridized carbons (Fsp3) is 0.571. The molecule has 1 heterocycles. The third-order valence-electron chi connectivity index (χ3n) is 2.05. The van der Waals surface area contributed by atoms with Crippen LogP contribution in [0.15, 0.2) is 10.6 Å². The Morgan fingerprint density at radius 3 is 2.67 bits per heavy atom. The molecule has 0 radical (unpaired) electrons. The Labute approximate surface area is 67.5 Å². The van der Waals surface area contributed by atoms with Gasteiger partial charge in [0.05, 0.1) is 5.69 Å². The van der Waals surface area contributed by atoms with E-state index in [1.807, 2.05) is 0 Å². The molecule has 0 aromatic carbocycles. The standard InChI is InChI=1S/C7H8F2N2O/c8-7(9)2-4(3-7)5-1-6(10)12-11-5/h1,4H,2-3,10H2. The van der Waals surface area contributed by atoms with Crippen molar-refractivity contribution in [1.29, 1.82) is 0 Å². The van der Waals surface area contributed by atoms with Gasteiger partial charge in [0.25, 0.3) is 0 Å². The third-order valence-corrected chi connectivity index (χ3v) is 2.05. The van der Waals surface area contributed by atoms with Gasteiger partial charge in [-0.15, -0.1) is 0 Å². The number of alkyl halides is 2. The van der Waals surface area contributed by atoms with Crippen LogP contribution in [0.25, 0.3) is 0 Å². The average molecular weight is 174 g/mol. The lowest BCUT2D eigenvalue weighted by atomic mass is 9.79. The maximum Gasteiger partial charge on any atom is 0.249 e. The summed E-state index contributed by atoms with van der Waals surface area (Å²) in [5.74, 6) is -2.51. The molecule has 1 saturated carbocycles. The van der Waals surface area contributed by atoms with Crippen LogP contribution in [0, 0.1) is 0 Å². The number of nitrogen functional groups attached to an aromatic ring is 1. The maximum absolute atomic E-state index is 12.4. The molecule has 0 aliphatic heterocycles. The number of aromatic nitrogens is 1. The number of anilines is 1. The number of nitrogens with zero attached hydrogens (tertiary/aromatic N) is 1. The molecule has 2 rings (SSSR count). The number of halogens is 2. The van der Waals surface area contributed by atoms with Gasteiger partial charge in [-0.1, -0.05) is 5.16 Å². The predicted octanol–water partition coefficient (Wildman–Crippen LogP) is 1.77. The summed E-state index contributed by atoms with van der Waals surface area (Å²) < 4.78 is 29.4. The molecule has 0 saturated heterocycles. The number of hydrogen-bond acceptors (Lipinski definition) is 3. The van der Waals surface area contributed by atoms with Crippen molar-refractivity contribution in [1.82, 2.24) is 5.16 Å². The van der Waals surface area contributed by atoms with Crippen molar-refractivity contribution in [2.45, 2.75) is 24.7 Å². The first-order chi connectivity index (χ1) is 5.57. The molecule has 1 aromatic rings. The van der Waals surface area contributed by atoms with Gasteiger partial charge in [0.15, 0.2) is 0 Å². The number of rotatable bonds is 1. The maximum atomic E-state index is 12.4. The van der Waals surface area contributed by atoms with Gasteiger partial charge < -0.3 is 10.3 Å². The van der Waals surface area contributed by atoms with Crippen LogP contribution in [0.1, 0.15) is 24.5 Å². The van der Waals surface area contributed by atoms with Gasteiger partial charge in [0.1, 0.15) is 0 Å². The molecular weight excluding hydrogens is 166 g/mol. The summed E-state index contributed by atoms with van der Waals surface area (Å²) in [5, 5.41) is 3.57. The first kappa shape index (κ1) is 7.52. The number of nitrogens with two attached hydrogens (primary N) is 1. The SMILES string of the molecule is Nc1cc(C2CC(F)(F)C2)no1. The van der Waals surface area contributed by atoms with E-state index >= 15 is 0 Å². The van der Waals surface area contributed by atoms with Crippen molar-refractivity contribution in [2.75, 3.05) is 5.73 Å². The highest BCUT2D eigenvalue weighted by atomic mass is 19.3. The molecule has 1 fully saturated rings. The van der Waals surface area contributed by atoms with Crippen LogP contribution in [0.3, 0.4) is 0 Å². The van der Waals surface area contributed by atoms with E-state index in [0.717, 1.165) is 0 Å². The Balaban J connectivity index is 2.06. The van der Waals surface area contributed by atoms with Crippen LogP contribution < -0.4 is 5.73 Å². The van der Waals surface area contributed by atoms with Crippen LogP contribution in [0.2, 0.25) is 0 Å². The van der Waals surface area contributed by atoms with E-state index in [0.29, 0.717) is 5.69 Å². The van der Waals surface area contributed by atoms with Crippen molar-refractivity contribution in [3.8, 4) is 0 Å². The van der Waals surface area contributed by atoms with Crippen LogP contribution in [0.5, 0.6) is 0 Å². The van der Waals surface area contributed by atoms with E-state index in [2.05, 4.69) is 9.68 Å². The lowest BCUT2D eigenvalue weighted by Gasteiger charge is -2.33. The zero-order valence-corrected chi connectivity index (χ0v) is 6.26. The second kappa shape index (κ2) is 2.18. The topological polar surface area (TPSA) is 52.0 Å². The second-order valence-corrected chi connectivity index (χ2v) is 3.12. The third kappa shape index (κ3) is 1.15. The zero-order chi connectivity index (χ0) is 8.77. The Hall–Kier alpha value is -1.13. The molecule has 0 spiro atoms. The zero-order valence-electron chi connectivity index (χ0n) is 6.26. The quantitative estimate of drug-likeness (QED) is 0.705. The summed E-state index contributed by atoms with van der Waals surface area (Å²) in [7, 11) is 0. The molecule has 1 aromatic heterocycles. The van der Waals surface area contributed by atoms with Gasteiger partial charge in [-0.25, -0.2) is 8.78 Å². The van der Waals surface area contributed by atoms with Crippen molar-refractivity contribution >= 4 is 5.88 Å². The molecule has 0 unspecified atom stereocenters. The van der Waals surface area contributed by atoms with Crippen LogP contribution in [-0.4, -0.2) is 11.1 Å². The molecule has 0 atom stereocenters. The van der Waals surface area contributed by atoms with Crippen LogP contribution in [0.4, 0.5) is 14.7 Å². The van der Waals surface area contributed by atoms with E-state index in [4.69, 9.17) is 5.73 Å². The smallest absolute Gasteiger partial charge is 0.249 e. The van der Waals surface area contributed by atoms with Gasteiger partial charge in [-0.2, -0.15) is 0 Å². The Morgan fingerprint density at radius 2 is 2.25 bits per heavy atom. The van der Waals surface area contributed by atoms with Gasteiger partial charge in [-0.3, -0.25) is 0 Å². The van der Waals surface area contributed by atoms with E-state index < -0.39 is 5.92 Å². The van der Waals surface area contributed by atoms with E-state index in [1.165, 1.54) is 6.07 Å². The number of hydrogen-bond donors (Lipinski definition) is 1. The van der Waals surface area contributed by atoms with E-state index in [9.17, 15) is 8.78 Å². The van der Waals surface area contributed by atoms with Crippen molar-refractivity contribution in [2.24, 2.45) is 0 Å². The van der Waals surface area contributed by atoms with Crippen LogP contribution in [-0.2, 0) is 0 Å². The predicted molar refractivity (Wildman–Crippen MR) is 37.8 cm³/mol. The fourth-order valence-corrected chi connectivity index (χ4v) is 1.37. The van der Waals surface area contributed by atoms with Crippen molar-refractivity contribution in [3.05, 3.63) is 11.8 Å². The highest BCUT2D eigenvalue weighted by Gasteiger charge is 2.47. The molecule has 1 aliphatic carbocycles. The largest absolute Gasteiger partial charge is 0.368 e. The summed E-state index contributed by atoms with van der Waals surface area (Å²) in [6, 6.07) is 1.50. The lowest BCUT2D eigenvalue weighted by molar-refractivity contribution is -0.0880. The minimum absolute atomic E-state index is 0.140. The van der Waals surface area contributed by atoms with Crippen molar-refractivity contribution in [3.63, 3.8) is 0 Å². The molecular formula is C7H8F2N2O. The van der Waals surface area contributed by atoms with Gasteiger partial charge in [0.2, 0.25) is 11.8 Å². The van der Waals surface area contributed by atoms with Crippen molar-refractivity contribution < 1.29 is 13.3 Å². The molecule has 66 valence electrons. The van der Waals surface area contributed by atoms with E-state index in [-0.39, 0.29) is 24.6 Å². The van der Waals surface area contributed by atoms with Gasteiger partial charge in [0, 0.05) is 24.8 Å². The minimum atomic E-state index is -2.52. The molecule has 0 bridgehead atoms. The summed E-state index contributed by atoms with van der Waals surface area (Å²) >= 11 is 0. The van der Waals surface area contributed by atoms with Crippen LogP contribution >= 0.6 is 0 Å². The molecule has 3 nitrogen and oxygen atoms in total. The summed E-state index contributed by atoms with van der Waals surface area (Å²) in [5.41, 5.74) is 5.79. The first-order valence-electron chi connectivity index (χ1n) is 3.67. The highest BCUT2D eigenvalue weighted by Crippen LogP contribution is 2.47. The average Bonchev–Trinajstić information content (AvgIpc) is 2.30. The molecule has 1 aliphatic rings. The monoisotopic (exact) mass is 174 g/mol. The Morgan fingerprint density at radius 1 is 1.58 bits per heavy atom. The second-order valence-electron chi connectivity index (χ2n) is 3.12. The Kier molecular flexibility index (Phi) is 1.37. The molecule has 12 heavy (non-hydrogen) atoms. The molecule has 0 amide bonds. The van der Waals surface area contributed by atoms with E-state index in [1.54, 1.807) is 0 Å². The lowest BCUT2D eigenvalue weighted by Crippen LogP contribution is -2.33. The highest BCUT2D eigenvalue weighted by molar-refractivity contribution is 5.28. The fourth-order valence-electron chi connectivity index (χ4n) is 1.37. The van der Waals surface area contributed by atoms with Gasteiger partial charge >= 0.3 is 0 Å². The Bertz CT molecular complexity index is 289. The summed E-state index contributed by atoms with van der Waals surface area (Å²) in [4.78, 5) is 0. The molecule has 5 heteroatoms. The summed E-state index contributed by atoms with van der Waals surface area (Å²) in [6.07, 6.45) is -0.280. The van der Waals surface area contributed by atoms with Gasteiger partial charge in [-0.05, 0) is 0 Å². The minimum Gasteiger partial charge on any atom is -0.368 e. The normalized spacial score (nSPS) is 22.2. The first-order valence-corrected chi connectivity index (χ1v) is 3.67. The molecule has 2 N–H and O–H groups in total. The summed E-state index contributed by atoms with van der Waals surface area (Å²) in [6.45, 7) is 0.